The first-order valence-corrected chi connectivity index (χ1v) is 8.83. The maximum Gasteiger partial charge on any atom is 0.251 e. The van der Waals surface area contributed by atoms with E-state index in [1.807, 2.05) is 51.1 Å². The second-order valence-corrected chi connectivity index (χ2v) is 7.04. The number of carbonyl (C=O) groups is 2. The third-order valence-corrected chi connectivity index (χ3v) is 4.40. The van der Waals surface area contributed by atoms with Crippen molar-refractivity contribution in [2.75, 3.05) is 5.32 Å². The number of anilines is 1. The van der Waals surface area contributed by atoms with Gasteiger partial charge in [0.15, 0.2) is 0 Å². The molecule has 2 aromatic rings. The van der Waals surface area contributed by atoms with Crippen molar-refractivity contribution in [2.24, 2.45) is 5.73 Å². The summed E-state index contributed by atoms with van der Waals surface area (Å²) in [5, 5.41) is 5.80. The lowest BCUT2D eigenvalue weighted by molar-refractivity contribution is -0.116. The zero-order valence-corrected chi connectivity index (χ0v) is 15.6. The first kappa shape index (κ1) is 19.7. The van der Waals surface area contributed by atoms with Gasteiger partial charge in [0.25, 0.3) is 5.91 Å². The third-order valence-electron chi connectivity index (χ3n) is 4.40. The highest BCUT2D eigenvalue weighted by atomic mass is 16.2. The normalized spacial score (nSPS) is 12.3. The van der Waals surface area contributed by atoms with Crippen molar-refractivity contribution in [3.8, 4) is 0 Å². The summed E-state index contributed by atoms with van der Waals surface area (Å²) in [6.07, 6.45) is 1.03. The largest absolute Gasteiger partial charge is 0.347 e. The molecule has 0 saturated heterocycles. The molecule has 2 rings (SSSR count). The van der Waals surface area contributed by atoms with Gasteiger partial charge in [-0.15, -0.1) is 0 Å². The summed E-state index contributed by atoms with van der Waals surface area (Å²) in [4.78, 5) is 24.4. The van der Waals surface area contributed by atoms with E-state index in [2.05, 4.69) is 10.6 Å². The minimum absolute atomic E-state index is 0.124. The summed E-state index contributed by atoms with van der Waals surface area (Å²) in [6, 6.07) is 16.0. The Bertz CT molecular complexity index is 740. The number of nitrogens with one attached hydrogen (secondary N) is 2. The number of rotatable bonds is 7. The van der Waals surface area contributed by atoms with E-state index in [4.69, 9.17) is 5.73 Å². The predicted molar refractivity (Wildman–Crippen MR) is 105 cm³/mol. The van der Waals surface area contributed by atoms with Gasteiger partial charge in [0.05, 0.1) is 0 Å². The van der Waals surface area contributed by atoms with E-state index in [1.54, 1.807) is 24.3 Å². The number of hydrogen-bond acceptors (Lipinski definition) is 3. The minimum Gasteiger partial charge on any atom is -0.347 e. The molecule has 0 fully saturated rings. The van der Waals surface area contributed by atoms with Crippen LogP contribution in [0.5, 0.6) is 0 Å². The molecule has 26 heavy (non-hydrogen) atoms. The van der Waals surface area contributed by atoms with Crippen LogP contribution in [0.3, 0.4) is 0 Å². The molecule has 0 radical (unpaired) electrons. The molecule has 1 unspecified atom stereocenters. The summed E-state index contributed by atoms with van der Waals surface area (Å²) < 4.78 is 0. The lowest BCUT2D eigenvalue weighted by Crippen LogP contribution is -2.42. The molecule has 0 spiro atoms. The average Bonchev–Trinajstić information content (AvgIpc) is 2.62. The maximum absolute atomic E-state index is 12.2. The number of amides is 2. The van der Waals surface area contributed by atoms with Gasteiger partial charge in [-0.25, -0.2) is 0 Å². The second-order valence-electron chi connectivity index (χ2n) is 7.04. The van der Waals surface area contributed by atoms with Crippen molar-refractivity contribution in [1.29, 1.82) is 0 Å². The summed E-state index contributed by atoms with van der Waals surface area (Å²) >= 11 is 0. The molecule has 0 aliphatic heterocycles. The Labute approximate surface area is 155 Å². The van der Waals surface area contributed by atoms with Crippen molar-refractivity contribution in [2.45, 2.75) is 45.2 Å². The van der Waals surface area contributed by atoms with E-state index in [1.165, 1.54) is 0 Å². The molecular formula is C21H27N3O2. The van der Waals surface area contributed by atoms with Crippen LogP contribution in [0.1, 0.15) is 55.6 Å². The minimum atomic E-state index is -0.350. The maximum atomic E-state index is 12.2. The monoisotopic (exact) mass is 353 g/mol. The molecule has 5 heteroatoms. The molecule has 2 amide bonds. The van der Waals surface area contributed by atoms with Gasteiger partial charge in [-0.05, 0) is 50.1 Å². The van der Waals surface area contributed by atoms with Crippen molar-refractivity contribution < 1.29 is 9.59 Å². The summed E-state index contributed by atoms with van der Waals surface area (Å²) in [7, 11) is 0. The van der Waals surface area contributed by atoms with Crippen LogP contribution in [0.4, 0.5) is 5.69 Å². The van der Waals surface area contributed by atoms with E-state index in [-0.39, 0.29) is 29.8 Å². The van der Waals surface area contributed by atoms with Crippen LogP contribution in [0, 0.1) is 0 Å². The Morgan fingerprint density at radius 1 is 1.04 bits per heavy atom. The van der Waals surface area contributed by atoms with Crippen molar-refractivity contribution in [3.05, 3.63) is 65.7 Å². The molecule has 0 aromatic heterocycles. The molecule has 1 atom stereocenters. The fourth-order valence-corrected chi connectivity index (χ4v) is 2.40. The zero-order chi connectivity index (χ0) is 19.2. The number of carbonyl (C=O) groups excluding carboxylic acids is 2. The molecule has 0 saturated carbocycles. The van der Waals surface area contributed by atoms with Crippen molar-refractivity contribution in [3.63, 3.8) is 0 Å². The number of benzene rings is 2. The second kappa shape index (κ2) is 8.63. The van der Waals surface area contributed by atoms with Gasteiger partial charge in [-0.3, -0.25) is 9.59 Å². The fraction of sp³-hybridized carbons (Fsp3) is 0.333. The van der Waals surface area contributed by atoms with Gasteiger partial charge >= 0.3 is 0 Å². The van der Waals surface area contributed by atoms with Gasteiger partial charge in [-0.2, -0.15) is 0 Å². The van der Waals surface area contributed by atoms with E-state index in [0.717, 1.165) is 12.0 Å². The zero-order valence-electron chi connectivity index (χ0n) is 15.6. The third kappa shape index (κ3) is 5.70. The van der Waals surface area contributed by atoms with E-state index < -0.39 is 0 Å². The van der Waals surface area contributed by atoms with Crippen LogP contribution < -0.4 is 16.4 Å². The lowest BCUT2D eigenvalue weighted by atomic mass is 10.0. The summed E-state index contributed by atoms with van der Waals surface area (Å²) in [5.74, 6) is -0.286. The van der Waals surface area contributed by atoms with E-state index in [0.29, 0.717) is 11.3 Å². The number of nitrogens with two attached hydrogens (primary N) is 1. The van der Waals surface area contributed by atoms with Gasteiger partial charge < -0.3 is 16.4 Å². The molecule has 0 heterocycles. The van der Waals surface area contributed by atoms with Crippen LogP contribution in [0.2, 0.25) is 0 Å². The Hall–Kier alpha value is -2.66. The Morgan fingerprint density at radius 3 is 2.23 bits per heavy atom. The first-order valence-electron chi connectivity index (χ1n) is 8.83. The average molecular weight is 353 g/mol. The SMILES string of the molecule is CCC(C)(C)NC(=O)c1ccc(NC(=O)CC(N)c2ccccc2)cc1. The van der Waals surface area contributed by atoms with Crippen LogP contribution in [0.15, 0.2) is 54.6 Å². The molecule has 4 N–H and O–H groups in total. The molecule has 0 aliphatic carbocycles. The molecule has 138 valence electrons. The highest BCUT2D eigenvalue weighted by molar-refractivity contribution is 5.96. The van der Waals surface area contributed by atoms with Crippen LogP contribution in [-0.2, 0) is 4.79 Å². The van der Waals surface area contributed by atoms with Crippen LogP contribution >= 0.6 is 0 Å². The number of hydrogen-bond donors (Lipinski definition) is 3. The Balaban J connectivity index is 1.92. The van der Waals surface area contributed by atoms with Crippen molar-refractivity contribution in [1.82, 2.24) is 5.32 Å². The predicted octanol–water partition coefficient (Wildman–Crippen LogP) is 3.63. The van der Waals surface area contributed by atoms with E-state index >= 15 is 0 Å². The van der Waals surface area contributed by atoms with Crippen LogP contribution in [-0.4, -0.2) is 17.4 Å². The molecule has 5 nitrogen and oxygen atoms in total. The van der Waals surface area contributed by atoms with Crippen molar-refractivity contribution >= 4 is 17.5 Å². The lowest BCUT2D eigenvalue weighted by Gasteiger charge is -2.24. The van der Waals surface area contributed by atoms with Gasteiger partial charge in [-0.1, -0.05) is 37.3 Å². The highest BCUT2D eigenvalue weighted by Gasteiger charge is 2.18. The quantitative estimate of drug-likeness (QED) is 0.710. The van der Waals surface area contributed by atoms with Gasteiger partial charge in [0.1, 0.15) is 0 Å². The van der Waals surface area contributed by atoms with Gasteiger partial charge in [0.2, 0.25) is 5.91 Å². The topological polar surface area (TPSA) is 84.2 Å². The molecular weight excluding hydrogens is 326 g/mol. The standard InChI is InChI=1S/C21H27N3O2/c1-4-21(2,3)24-20(26)16-10-12-17(13-11-16)23-19(25)14-18(22)15-8-6-5-7-9-15/h5-13,18H,4,14,22H2,1-3H3,(H,23,25)(H,24,26). The molecule has 0 bridgehead atoms. The summed E-state index contributed by atoms with van der Waals surface area (Å²) in [5.41, 5.74) is 7.94. The first-order chi connectivity index (χ1) is 12.3. The highest BCUT2D eigenvalue weighted by Crippen LogP contribution is 2.16. The fourth-order valence-electron chi connectivity index (χ4n) is 2.40. The Kier molecular flexibility index (Phi) is 6.52. The molecule has 2 aromatic carbocycles. The Morgan fingerprint density at radius 2 is 1.65 bits per heavy atom. The molecule has 0 aliphatic rings. The smallest absolute Gasteiger partial charge is 0.251 e. The van der Waals surface area contributed by atoms with Gasteiger partial charge in [0, 0.05) is 29.3 Å². The van der Waals surface area contributed by atoms with E-state index in [9.17, 15) is 9.59 Å². The van der Waals surface area contributed by atoms with Crippen LogP contribution in [0.25, 0.3) is 0 Å². The summed E-state index contributed by atoms with van der Waals surface area (Å²) in [6.45, 7) is 5.99.